The maximum Gasteiger partial charge on any atom is 0.254 e. The Morgan fingerprint density at radius 2 is 1.63 bits per heavy atom. The fraction of sp³-hybridized carbons (Fsp3) is 0.407. The number of nitrogens with zero attached hydrogens (tertiary/aromatic N) is 4. The predicted octanol–water partition coefficient (Wildman–Crippen LogP) is 3.43. The van der Waals surface area contributed by atoms with Crippen molar-refractivity contribution < 1.29 is 19.2 Å². The van der Waals surface area contributed by atoms with Gasteiger partial charge < -0.3 is 19.4 Å². The van der Waals surface area contributed by atoms with E-state index in [-0.39, 0.29) is 18.4 Å². The normalized spacial score (nSPS) is 19.9. The Labute approximate surface area is 204 Å². The van der Waals surface area contributed by atoms with Gasteiger partial charge in [-0.25, -0.2) is 0 Å². The van der Waals surface area contributed by atoms with Crippen LogP contribution in [0.1, 0.15) is 69.7 Å². The maximum absolute atomic E-state index is 13.3. The van der Waals surface area contributed by atoms with Crippen molar-refractivity contribution in [2.24, 2.45) is 0 Å². The molecule has 35 heavy (non-hydrogen) atoms. The molecule has 8 nitrogen and oxygen atoms in total. The van der Waals surface area contributed by atoms with Crippen LogP contribution in [0.2, 0.25) is 0 Å². The minimum atomic E-state index is -0.659. The predicted molar refractivity (Wildman–Crippen MR) is 129 cm³/mol. The van der Waals surface area contributed by atoms with Gasteiger partial charge in [0.25, 0.3) is 11.8 Å². The maximum atomic E-state index is 13.3. The lowest BCUT2D eigenvalue weighted by atomic mass is 10.1. The van der Waals surface area contributed by atoms with E-state index in [0.717, 1.165) is 38.8 Å². The summed E-state index contributed by atoms with van der Waals surface area (Å²) in [5.74, 6) is 0.733. The molecule has 0 unspecified atom stereocenters. The van der Waals surface area contributed by atoms with Gasteiger partial charge in [-0.2, -0.15) is 4.98 Å². The molecule has 2 atom stereocenters. The number of carbonyl (C=O) groups is 2. The number of rotatable bonds is 7. The van der Waals surface area contributed by atoms with Crippen LogP contribution in [-0.4, -0.2) is 62.6 Å². The number of aliphatic hydroxyl groups excluding tert-OH is 1. The summed E-state index contributed by atoms with van der Waals surface area (Å²) in [4.78, 5) is 33.8. The summed E-state index contributed by atoms with van der Waals surface area (Å²) in [6.07, 6.45) is 4.25. The van der Waals surface area contributed by atoms with Gasteiger partial charge >= 0.3 is 0 Å². The van der Waals surface area contributed by atoms with Gasteiger partial charge in [0.05, 0.1) is 6.10 Å². The Morgan fingerprint density at radius 1 is 0.943 bits per heavy atom. The number of carbonyl (C=O) groups excluding carboxylic acids is 2. The van der Waals surface area contributed by atoms with Crippen molar-refractivity contribution in [2.45, 2.75) is 50.7 Å². The molecule has 8 heteroatoms. The van der Waals surface area contributed by atoms with Crippen LogP contribution in [0.3, 0.4) is 0 Å². The van der Waals surface area contributed by atoms with Crippen LogP contribution < -0.4 is 0 Å². The largest absolute Gasteiger partial charge is 0.391 e. The van der Waals surface area contributed by atoms with Gasteiger partial charge in [0.1, 0.15) is 6.04 Å². The number of amides is 2. The van der Waals surface area contributed by atoms with E-state index in [9.17, 15) is 14.7 Å². The number of aryl methyl sites for hydroxylation is 2. The van der Waals surface area contributed by atoms with Crippen LogP contribution in [0.5, 0.6) is 0 Å². The first kappa shape index (κ1) is 23.2. The monoisotopic (exact) mass is 474 g/mol. The molecule has 2 aromatic carbocycles. The van der Waals surface area contributed by atoms with Crippen LogP contribution in [-0.2, 0) is 12.8 Å². The smallest absolute Gasteiger partial charge is 0.254 e. The van der Waals surface area contributed by atoms with Crippen molar-refractivity contribution >= 4 is 11.8 Å². The van der Waals surface area contributed by atoms with Crippen LogP contribution >= 0.6 is 0 Å². The second kappa shape index (κ2) is 10.4. The summed E-state index contributed by atoms with van der Waals surface area (Å²) >= 11 is 0. The molecule has 2 amide bonds. The summed E-state index contributed by atoms with van der Waals surface area (Å²) in [6, 6.07) is 16.5. The second-order valence-corrected chi connectivity index (χ2v) is 9.33. The van der Waals surface area contributed by atoms with Crippen LogP contribution in [0.25, 0.3) is 0 Å². The highest BCUT2D eigenvalue weighted by atomic mass is 16.5. The molecule has 1 aromatic heterocycles. The molecule has 3 heterocycles. The van der Waals surface area contributed by atoms with Gasteiger partial charge in [0, 0.05) is 43.6 Å². The second-order valence-electron chi connectivity index (χ2n) is 9.33. The van der Waals surface area contributed by atoms with Crippen molar-refractivity contribution in [3.63, 3.8) is 0 Å². The number of hydrogen-bond acceptors (Lipinski definition) is 6. The first-order valence-electron chi connectivity index (χ1n) is 12.3. The lowest BCUT2D eigenvalue weighted by molar-refractivity contribution is 0.0692. The molecule has 1 N–H and O–H groups in total. The van der Waals surface area contributed by atoms with Crippen molar-refractivity contribution in [3.8, 4) is 0 Å². The quantitative estimate of drug-likeness (QED) is 0.563. The van der Waals surface area contributed by atoms with Crippen LogP contribution in [0.15, 0.2) is 59.1 Å². The highest BCUT2D eigenvalue weighted by Gasteiger charge is 2.39. The SMILES string of the molecule is O=C(c1ccc(C(=O)N2C[C@H](O)C[C@H]2c2nc(CCCc3ccccc3)no2)cc1)N1CCCC1. The molecular weight excluding hydrogens is 444 g/mol. The standard InChI is InChI=1S/C27H30N4O4/c32-22-17-23(25-28-24(29-35-25)10-6-9-19-7-2-1-3-8-19)31(18-22)27(34)21-13-11-20(12-14-21)26(33)30-15-4-5-16-30/h1-3,7-8,11-14,22-23,32H,4-6,9-10,15-18H2/t22-,23+/m1/s1. The lowest BCUT2D eigenvalue weighted by Gasteiger charge is -2.22. The molecule has 0 saturated carbocycles. The number of likely N-dealkylation sites (tertiary alicyclic amines) is 2. The van der Waals surface area contributed by atoms with Crippen molar-refractivity contribution in [3.05, 3.63) is 83.0 Å². The van der Waals surface area contributed by atoms with E-state index in [2.05, 4.69) is 22.3 Å². The Bertz CT molecular complexity index is 1160. The summed E-state index contributed by atoms with van der Waals surface area (Å²) in [6.45, 7) is 1.76. The third-order valence-corrected chi connectivity index (χ3v) is 6.79. The highest BCUT2D eigenvalue weighted by Crippen LogP contribution is 2.32. The van der Waals surface area contributed by atoms with Gasteiger partial charge in [-0.3, -0.25) is 9.59 Å². The molecule has 0 aliphatic carbocycles. The number of hydrogen-bond donors (Lipinski definition) is 1. The molecule has 2 saturated heterocycles. The fourth-order valence-corrected chi connectivity index (χ4v) is 4.90. The van der Waals surface area contributed by atoms with E-state index in [1.807, 2.05) is 23.1 Å². The molecule has 0 spiro atoms. The molecule has 2 aliphatic heterocycles. The summed E-state index contributed by atoms with van der Waals surface area (Å²) in [5.41, 5.74) is 2.31. The Hall–Kier alpha value is -3.52. The van der Waals surface area contributed by atoms with Gasteiger partial charge in [0.15, 0.2) is 5.82 Å². The van der Waals surface area contributed by atoms with Gasteiger partial charge in [-0.1, -0.05) is 35.5 Å². The average Bonchev–Trinajstić information content (AvgIpc) is 3.65. The van der Waals surface area contributed by atoms with E-state index >= 15 is 0 Å². The van der Waals surface area contributed by atoms with E-state index < -0.39 is 12.1 Å². The van der Waals surface area contributed by atoms with Gasteiger partial charge in [0.2, 0.25) is 5.89 Å². The number of aromatic nitrogens is 2. The number of benzene rings is 2. The minimum absolute atomic E-state index is 0.00150. The minimum Gasteiger partial charge on any atom is -0.391 e. The van der Waals surface area contributed by atoms with E-state index in [4.69, 9.17) is 4.52 Å². The first-order valence-corrected chi connectivity index (χ1v) is 12.3. The number of aliphatic hydroxyl groups is 1. The van der Waals surface area contributed by atoms with E-state index in [1.54, 1.807) is 29.2 Å². The topological polar surface area (TPSA) is 99.8 Å². The fourth-order valence-electron chi connectivity index (χ4n) is 4.90. The third kappa shape index (κ3) is 5.27. The van der Waals surface area contributed by atoms with Gasteiger partial charge in [-0.15, -0.1) is 0 Å². The summed E-state index contributed by atoms with van der Waals surface area (Å²) in [5, 5.41) is 14.4. The van der Waals surface area contributed by atoms with Crippen molar-refractivity contribution in [2.75, 3.05) is 19.6 Å². The first-order chi connectivity index (χ1) is 17.1. The lowest BCUT2D eigenvalue weighted by Crippen LogP contribution is -2.32. The van der Waals surface area contributed by atoms with Gasteiger partial charge in [-0.05, 0) is 55.5 Å². The Kier molecular flexibility index (Phi) is 6.90. The summed E-state index contributed by atoms with van der Waals surface area (Å²) in [7, 11) is 0. The molecule has 5 rings (SSSR count). The zero-order valence-corrected chi connectivity index (χ0v) is 19.7. The molecule has 2 fully saturated rings. The molecule has 0 radical (unpaired) electrons. The van der Waals surface area contributed by atoms with Crippen molar-refractivity contribution in [1.82, 2.24) is 19.9 Å². The number of β-amino-alcohol motifs (C(OH)–C–C–N with tert-alkyl or cyclic N) is 1. The Morgan fingerprint density at radius 3 is 2.34 bits per heavy atom. The molecule has 182 valence electrons. The average molecular weight is 475 g/mol. The molecule has 2 aliphatic rings. The zero-order chi connectivity index (χ0) is 24.2. The van der Waals surface area contributed by atoms with E-state index in [1.165, 1.54) is 5.56 Å². The molecule has 3 aromatic rings. The molecule has 0 bridgehead atoms. The third-order valence-electron chi connectivity index (χ3n) is 6.79. The van der Waals surface area contributed by atoms with E-state index in [0.29, 0.717) is 35.7 Å². The Balaban J connectivity index is 1.23. The van der Waals surface area contributed by atoms with Crippen LogP contribution in [0, 0.1) is 0 Å². The zero-order valence-electron chi connectivity index (χ0n) is 19.7. The summed E-state index contributed by atoms with van der Waals surface area (Å²) < 4.78 is 5.51. The highest BCUT2D eigenvalue weighted by molar-refractivity contribution is 5.98. The molecular formula is C27H30N4O4. The van der Waals surface area contributed by atoms with Crippen LogP contribution in [0.4, 0.5) is 0 Å². The van der Waals surface area contributed by atoms with Crippen molar-refractivity contribution in [1.29, 1.82) is 0 Å².